The Bertz CT molecular complexity index is 1100. The first-order chi connectivity index (χ1) is 14.5. The van der Waals surface area contributed by atoms with Crippen LogP contribution in [0.4, 0.5) is 0 Å². The van der Waals surface area contributed by atoms with Crippen LogP contribution in [0.25, 0.3) is 0 Å². The molecule has 0 fully saturated rings. The molecular weight excluding hydrogens is 400 g/mol. The van der Waals surface area contributed by atoms with E-state index in [1.165, 1.54) is 23.9 Å². The van der Waals surface area contributed by atoms with Gasteiger partial charge in [-0.15, -0.1) is 0 Å². The molecule has 0 radical (unpaired) electrons. The Morgan fingerprint density at radius 2 is 1.73 bits per heavy atom. The fourth-order valence-corrected chi connectivity index (χ4v) is 3.61. The smallest absolute Gasteiger partial charge is 0.276 e. The molecule has 0 aliphatic carbocycles. The number of hydrogen-bond acceptors (Lipinski definition) is 5. The van der Waals surface area contributed by atoms with Crippen LogP contribution in [0.5, 0.6) is 11.5 Å². The van der Waals surface area contributed by atoms with E-state index >= 15 is 0 Å². The largest absolute Gasteiger partial charge is 0.496 e. The van der Waals surface area contributed by atoms with E-state index in [9.17, 15) is 8.42 Å². The fraction of sp³-hybridized carbons (Fsp3) is 0.174. The zero-order chi connectivity index (χ0) is 21.4. The van der Waals surface area contributed by atoms with Crippen LogP contribution in [0.1, 0.15) is 23.6 Å². The van der Waals surface area contributed by atoms with Crippen LogP contribution in [0.15, 0.2) is 82.8 Å². The van der Waals surface area contributed by atoms with Crippen molar-refractivity contribution in [2.75, 3.05) is 7.11 Å². The molecular formula is C23H24N2O4S. The quantitative estimate of drug-likeness (QED) is 0.414. The van der Waals surface area contributed by atoms with Crippen molar-refractivity contribution in [3.8, 4) is 11.5 Å². The lowest BCUT2D eigenvalue weighted by Crippen LogP contribution is -2.18. The zero-order valence-corrected chi connectivity index (χ0v) is 17.7. The molecule has 1 N–H and O–H groups in total. The molecule has 30 heavy (non-hydrogen) atoms. The van der Waals surface area contributed by atoms with Gasteiger partial charge in [0.15, 0.2) is 0 Å². The van der Waals surface area contributed by atoms with Gasteiger partial charge >= 0.3 is 0 Å². The number of hydrogen-bond donors (Lipinski definition) is 1. The van der Waals surface area contributed by atoms with Gasteiger partial charge in [-0.25, -0.2) is 4.83 Å². The summed E-state index contributed by atoms with van der Waals surface area (Å²) >= 11 is 0. The third kappa shape index (κ3) is 5.61. The number of rotatable bonds is 9. The molecule has 0 aliphatic heterocycles. The van der Waals surface area contributed by atoms with Crippen molar-refractivity contribution in [2.45, 2.75) is 24.8 Å². The predicted octanol–water partition coefficient (Wildman–Crippen LogP) is 4.15. The molecule has 7 heteroatoms. The minimum Gasteiger partial charge on any atom is -0.496 e. The monoisotopic (exact) mass is 424 g/mol. The molecule has 3 aromatic rings. The summed E-state index contributed by atoms with van der Waals surface area (Å²) in [6, 6.07) is 21.5. The van der Waals surface area contributed by atoms with Gasteiger partial charge in [0.05, 0.1) is 18.2 Å². The number of nitrogens with zero attached hydrogens (tertiary/aromatic N) is 1. The molecule has 0 aliphatic rings. The molecule has 3 rings (SSSR count). The molecule has 0 saturated heterocycles. The van der Waals surface area contributed by atoms with E-state index in [1.807, 2.05) is 30.3 Å². The molecule has 0 spiro atoms. The molecule has 0 bridgehead atoms. The van der Waals surface area contributed by atoms with Crippen molar-refractivity contribution < 1.29 is 17.9 Å². The Balaban J connectivity index is 1.69. The Labute approximate surface area is 177 Å². The maximum atomic E-state index is 12.2. The predicted molar refractivity (Wildman–Crippen MR) is 118 cm³/mol. The van der Waals surface area contributed by atoms with Gasteiger partial charge in [-0.05, 0) is 60.0 Å². The highest BCUT2D eigenvalue weighted by Gasteiger charge is 2.11. The van der Waals surface area contributed by atoms with Crippen molar-refractivity contribution in [3.05, 3.63) is 89.5 Å². The summed E-state index contributed by atoms with van der Waals surface area (Å²) < 4.78 is 35.7. The SMILES string of the molecule is CCc1ccc(OCc2cc(/C=N/NS(=O)(=O)c3ccccc3)ccc2OC)cc1. The van der Waals surface area contributed by atoms with E-state index in [0.717, 1.165) is 17.7 Å². The number of nitrogens with one attached hydrogen (secondary N) is 1. The van der Waals surface area contributed by atoms with Crippen molar-refractivity contribution in [1.29, 1.82) is 0 Å². The molecule has 156 valence electrons. The number of sulfonamides is 1. The van der Waals surface area contributed by atoms with E-state index < -0.39 is 10.0 Å². The number of benzene rings is 3. The minimum atomic E-state index is -3.70. The molecule has 0 amide bonds. The van der Waals surface area contributed by atoms with Gasteiger partial charge in [0.2, 0.25) is 0 Å². The number of ether oxygens (including phenoxy) is 2. The summed E-state index contributed by atoms with van der Waals surface area (Å²) in [7, 11) is -2.11. The highest BCUT2D eigenvalue weighted by atomic mass is 32.2. The average Bonchev–Trinajstić information content (AvgIpc) is 2.78. The Hall–Kier alpha value is -3.32. The third-order valence-corrected chi connectivity index (χ3v) is 5.71. The van der Waals surface area contributed by atoms with Crippen molar-refractivity contribution in [2.24, 2.45) is 5.10 Å². The highest BCUT2D eigenvalue weighted by Crippen LogP contribution is 2.22. The summed E-state index contributed by atoms with van der Waals surface area (Å²) in [5.74, 6) is 1.45. The van der Waals surface area contributed by atoms with Crippen molar-refractivity contribution in [1.82, 2.24) is 4.83 Å². The lowest BCUT2D eigenvalue weighted by atomic mass is 10.1. The van der Waals surface area contributed by atoms with Gasteiger partial charge in [-0.3, -0.25) is 0 Å². The van der Waals surface area contributed by atoms with E-state index in [-0.39, 0.29) is 4.90 Å². The van der Waals surface area contributed by atoms with Crippen LogP contribution in [0.3, 0.4) is 0 Å². The molecule has 0 unspecified atom stereocenters. The van der Waals surface area contributed by atoms with E-state index in [1.54, 1.807) is 37.4 Å². The zero-order valence-electron chi connectivity index (χ0n) is 16.9. The number of aryl methyl sites for hydroxylation is 1. The third-order valence-electron chi connectivity index (χ3n) is 4.47. The first kappa shape index (κ1) is 21.4. The van der Waals surface area contributed by atoms with Crippen LogP contribution in [0.2, 0.25) is 0 Å². The average molecular weight is 425 g/mol. The van der Waals surface area contributed by atoms with E-state index in [0.29, 0.717) is 17.9 Å². The van der Waals surface area contributed by atoms with Crippen LogP contribution in [-0.2, 0) is 23.1 Å². The second kappa shape index (κ2) is 9.93. The maximum absolute atomic E-state index is 12.2. The van der Waals surface area contributed by atoms with Gasteiger partial charge in [0, 0.05) is 5.56 Å². The van der Waals surface area contributed by atoms with Crippen LogP contribution in [-0.4, -0.2) is 21.7 Å². The minimum absolute atomic E-state index is 0.153. The van der Waals surface area contributed by atoms with Crippen molar-refractivity contribution >= 4 is 16.2 Å². The number of methoxy groups -OCH3 is 1. The lowest BCUT2D eigenvalue weighted by Gasteiger charge is -2.11. The van der Waals surface area contributed by atoms with Crippen LogP contribution < -0.4 is 14.3 Å². The van der Waals surface area contributed by atoms with Crippen LogP contribution in [0, 0.1) is 0 Å². The molecule has 0 aromatic heterocycles. The molecule has 0 heterocycles. The first-order valence-electron chi connectivity index (χ1n) is 9.50. The lowest BCUT2D eigenvalue weighted by molar-refractivity contribution is 0.296. The molecule has 0 saturated carbocycles. The standard InChI is InChI=1S/C23H24N2O4S/c1-3-18-9-12-21(13-10-18)29-17-20-15-19(11-14-23(20)28-2)16-24-25-30(26,27)22-7-5-4-6-8-22/h4-16,25H,3,17H2,1-2H3/b24-16+. The molecule has 3 aromatic carbocycles. The molecule has 6 nitrogen and oxygen atoms in total. The fourth-order valence-electron chi connectivity index (χ4n) is 2.80. The van der Waals surface area contributed by atoms with Crippen molar-refractivity contribution in [3.63, 3.8) is 0 Å². The van der Waals surface area contributed by atoms with Gasteiger partial charge in [0.1, 0.15) is 18.1 Å². The highest BCUT2D eigenvalue weighted by molar-refractivity contribution is 7.89. The maximum Gasteiger partial charge on any atom is 0.276 e. The summed E-state index contributed by atoms with van der Waals surface area (Å²) in [4.78, 5) is 2.37. The summed E-state index contributed by atoms with van der Waals surface area (Å²) in [6.07, 6.45) is 2.42. The Kier molecular flexibility index (Phi) is 7.08. The van der Waals surface area contributed by atoms with Gasteiger partial charge < -0.3 is 9.47 Å². The Morgan fingerprint density at radius 3 is 2.40 bits per heavy atom. The van der Waals surface area contributed by atoms with E-state index in [2.05, 4.69) is 16.9 Å². The Morgan fingerprint density at radius 1 is 1.00 bits per heavy atom. The van der Waals surface area contributed by atoms with Gasteiger partial charge in [-0.1, -0.05) is 37.3 Å². The summed E-state index contributed by atoms with van der Waals surface area (Å²) in [6.45, 7) is 2.42. The second-order valence-electron chi connectivity index (χ2n) is 6.52. The second-order valence-corrected chi connectivity index (χ2v) is 8.18. The van der Waals surface area contributed by atoms with E-state index in [4.69, 9.17) is 9.47 Å². The van der Waals surface area contributed by atoms with Gasteiger partial charge in [-0.2, -0.15) is 13.5 Å². The van der Waals surface area contributed by atoms with Gasteiger partial charge in [0.25, 0.3) is 10.0 Å². The first-order valence-corrected chi connectivity index (χ1v) is 11.0. The topological polar surface area (TPSA) is 77.0 Å². The number of hydrazone groups is 1. The summed E-state index contributed by atoms with van der Waals surface area (Å²) in [5, 5.41) is 3.88. The normalized spacial score (nSPS) is 11.4. The molecule has 0 atom stereocenters. The van der Waals surface area contributed by atoms with Crippen LogP contribution >= 0.6 is 0 Å². The summed E-state index contributed by atoms with van der Waals surface area (Å²) in [5.41, 5.74) is 2.79.